The molecule has 0 bridgehead atoms. The van der Waals surface area contributed by atoms with E-state index < -0.39 is 0 Å². The van der Waals surface area contributed by atoms with Crippen LogP contribution in [0.1, 0.15) is 50.5 Å². The van der Waals surface area contributed by atoms with E-state index in [0.29, 0.717) is 12.6 Å². The maximum atomic E-state index is 13.6. The molecule has 1 atom stereocenters. The second-order valence-electron chi connectivity index (χ2n) is 6.25. The fraction of sp³-hybridized carbons (Fsp3) is 0.647. The minimum Gasteiger partial charge on any atom is -0.375 e. The summed E-state index contributed by atoms with van der Waals surface area (Å²) in [5.41, 5.74) is 0.875. The Labute approximate surface area is 120 Å². The third-order valence-corrected chi connectivity index (χ3v) is 4.80. The second-order valence-corrected chi connectivity index (χ2v) is 6.25. The maximum Gasteiger partial charge on any atom is 0.127 e. The first-order valence-electron chi connectivity index (χ1n) is 7.88. The molecule has 2 aliphatic rings. The molecule has 1 unspecified atom stereocenters. The average Bonchev–Trinajstić information content (AvgIpc) is 2.47. The lowest BCUT2D eigenvalue weighted by atomic mass is 9.78. The highest BCUT2D eigenvalue weighted by atomic mass is 19.1. The zero-order chi connectivity index (χ0) is 13.8. The molecule has 2 nitrogen and oxygen atoms in total. The standard InChI is InChI=1S/C17H24FNO/c18-16-7-3-2-6-14(16)13-19-15-8-11-20-17(12-15)9-4-1-5-10-17/h2-3,6-7,15,19H,1,4-5,8-13H2. The van der Waals surface area contributed by atoms with Crippen LogP contribution in [0.3, 0.4) is 0 Å². The molecule has 0 aromatic heterocycles. The van der Waals surface area contributed by atoms with Gasteiger partial charge in [-0.15, -0.1) is 0 Å². The third kappa shape index (κ3) is 3.21. The number of rotatable bonds is 3. The summed E-state index contributed by atoms with van der Waals surface area (Å²) in [5, 5.41) is 3.53. The Balaban J connectivity index is 1.56. The first-order valence-corrected chi connectivity index (χ1v) is 7.88. The summed E-state index contributed by atoms with van der Waals surface area (Å²) in [6.07, 6.45) is 8.45. The van der Waals surface area contributed by atoms with Crippen molar-refractivity contribution in [3.8, 4) is 0 Å². The van der Waals surface area contributed by atoms with Gasteiger partial charge < -0.3 is 10.1 Å². The molecule has 1 N–H and O–H groups in total. The van der Waals surface area contributed by atoms with Crippen molar-refractivity contribution < 1.29 is 9.13 Å². The number of nitrogens with one attached hydrogen (secondary N) is 1. The van der Waals surface area contributed by atoms with E-state index in [9.17, 15) is 4.39 Å². The lowest BCUT2D eigenvalue weighted by Crippen LogP contribution is -2.47. The summed E-state index contributed by atoms with van der Waals surface area (Å²) >= 11 is 0. The summed E-state index contributed by atoms with van der Waals surface area (Å²) in [4.78, 5) is 0. The molecule has 1 aromatic carbocycles. The molecule has 2 fully saturated rings. The highest BCUT2D eigenvalue weighted by molar-refractivity contribution is 5.17. The van der Waals surface area contributed by atoms with Crippen LogP contribution < -0.4 is 5.32 Å². The molecule has 110 valence electrons. The van der Waals surface area contributed by atoms with Gasteiger partial charge in [0.05, 0.1) is 5.60 Å². The van der Waals surface area contributed by atoms with Crippen molar-refractivity contribution >= 4 is 0 Å². The molecule has 3 heteroatoms. The Hall–Kier alpha value is -0.930. The molecular weight excluding hydrogens is 253 g/mol. The van der Waals surface area contributed by atoms with Crippen LogP contribution in [0.5, 0.6) is 0 Å². The van der Waals surface area contributed by atoms with Crippen LogP contribution in [0.2, 0.25) is 0 Å². The molecule has 0 radical (unpaired) electrons. The van der Waals surface area contributed by atoms with Gasteiger partial charge in [-0.2, -0.15) is 0 Å². The second kappa shape index (κ2) is 6.23. The van der Waals surface area contributed by atoms with E-state index in [2.05, 4.69) is 5.32 Å². The topological polar surface area (TPSA) is 21.3 Å². The number of halogens is 1. The average molecular weight is 277 g/mol. The molecular formula is C17H24FNO. The molecule has 1 saturated carbocycles. The van der Waals surface area contributed by atoms with Gasteiger partial charge in [0.25, 0.3) is 0 Å². The lowest BCUT2D eigenvalue weighted by Gasteiger charge is -2.43. The normalized spacial score (nSPS) is 25.8. The first-order chi connectivity index (χ1) is 9.77. The summed E-state index contributed by atoms with van der Waals surface area (Å²) in [5.74, 6) is -0.112. The summed E-state index contributed by atoms with van der Waals surface area (Å²) in [6, 6.07) is 7.49. The van der Waals surface area contributed by atoms with E-state index in [1.54, 1.807) is 6.07 Å². The van der Waals surface area contributed by atoms with Gasteiger partial charge in [-0.25, -0.2) is 4.39 Å². The van der Waals surface area contributed by atoms with Gasteiger partial charge in [-0.3, -0.25) is 0 Å². The highest BCUT2D eigenvalue weighted by Gasteiger charge is 2.38. The van der Waals surface area contributed by atoms with E-state index in [0.717, 1.165) is 25.0 Å². The largest absolute Gasteiger partial charge is 0.375 e. The van der Waals surface area contributed by atoms with Crippen LogP contribution in [0.25, 0.3) is 0 Å². The van der Waals surface area contributed by atoms with Crippen molar-refractivity contribution in [2.24, 2.45) is 0 Å². The predicted octanol–water partition coefficient (Wildman–Crippen LogP) is 3.80. The Bertz CT molecular complexity index is 437. The van der Waals surface area contributed by atoms with Crippen LogP contribution in [0, 0.1) is 5.82 Å². The zero-order valence-corrected chi connectivity index (χ0v) is 12.0. The summed E-state index contributed by atoms with van der Waals surface area (Å²) in [6.45, 7) is 1.46. The van der Waals surface area contributed by atoms with Gasteiger partial charge in [-0.05, 0) is 31.7 Å². The highest BCUT2D eigenvalue weighted by Crippen LogP contribution is 2.38. The van der Waals surface area contributed by atoms with E-state index in [1.165, 1.54) is 38.2 Å². The van der Waals surface area contributed by atoms with Gasteiger partial charge in [-0.1, -0.05) is 37.5 Å². The van der Waals surface area contributed by atoms with Crippen molar-refractivity contribution in [2.75, 3.05) is 6.61 Å². The van der Waals surface area contributed by atoms with E-state index >= 15 is 0 Å². The quantitative estimate of drug-likeness (QED) is 0.907. The Morgan fingerprint density at radius 3 is 2.80 bits per heavy atom. The predicted molar refractivity (Wildman–Crippen MR) is 78.0 cm³/mol. The number of benzene rings is 1. The Morgan fingerprint density at radius 2 is 2.00 bits per heavy atom. The summed E-state index contributed by atoms with van der Waals surface area (Å²) < 4.78 is 19.7. The molecule has 1 aliphatic heterocycles. The molecule has 1 spiro atoms. The number of ether oxygens (including phenoxy) is 1. The molecule has 20 heavy (non-hydrogen) atoms. The third-order valence-electron chi connectivity index (χ3n) is 4.80. The SMILES string of the molecule is Fc1ccccc1CNC1CCOC2(CCCCC2)C1. The van der Waals surface area contributed by atoms with Gasteiger partial charge in [0, 0.05) is 24.8 Å². The monoisotopic (exact) mass is 277 g/mol. The Morgan fingerprint density at radius 1 is 1.20 bits per heavy atom. The number of hydrogen-bond donors (Lipinski definition) is 1. The van der Waals surface area contributed by atoms with Crippen LogP contribution in [0.4, 0.5) is 4.39 Å². The van der Waals surface area contributed by atoms with Gasteiger partial charge in [0.1, 0.15) is 5.82 Å². The van der Waals surface area contributed by atoms with Crippen molar-refractivity contribution in [1.29, 1.82) is 0 Å². The molecule has 0 amide bonds. The number of hydrogen-bond acceptors (Lipinski definition) is 2. The van der Waals surface area contributed by atoms with Crippen LogP contribution in [-0.2, 0) is 11.3 Å². The van der Waals surface area contributed by atoms with Crippen molar-refractivity contribution in [1.82, 2.24) is 5.32 Å². The van der Waals surface area contributed by atoms with Gasteiger partial charge >= 0.3 is 0 Å². The zero-order valence-electron chi connectivity index (χ0n) is 12.0. The van der Waals surface area contributed by atoms with Gasteiger partial charge in [0.15, 0.2) is 0 Å². The van der Waals surface area contributed by atoms with Crippen LogP contribution >= 0.6 is 0 Å². The maximum absolute atomic E-state index is 13.6. The molecule has 1 aromatic rings. The molecule has 1 heterocycles. The Kier molecular flexibility index (Phi) is 4.37. The molecule has 1 saturated heterocycles. The fourth-order valence-corrected chi connectivity index (χ4v) is 3.64. The lowest BCUT2D eigenvalue weighted by molar-refractivity contribution is -0.109. The van der Waals surface area contributed by atoms with Crippen LogP contribution in [-0.4, -0.2) is 18.2 Å². The molecule has 1 aliphatic carbocycles. The minimum absolute atomic E-state index is 0.112. The van der Waals surface area contributed by atoms with Crippen LogP contribution in [0.15, 0.2) is 24.3 Å². The molecule has 3 rings (SSSR count). The smallest absolute Gasteiger partial charge is 0.127 e. The van der Waals surface area contributed by atoms with E-state index in [1.807, 2.05) is 12.1 Å². The van der Waals surface area contributed by atoms with Crippen molar-refractivity contribution in [3.63, 3.8) is 0 Å². The fourth-order valence-electron chi connectivity index (χ4n) is 3.64. The summed E-state index contributed by atoms with van der Waals surface area (Å²) in [7, 11) is 0. The van der Waals surface area contributed by atoms with E-state index in [4.69, 9.17) is 4.74 Å². The van der Waals surface area contributed by atoms with Gasteiger partial charge in [0.2, 0.25) is 0 Å². The van der Waals surface area contributed by atoms with E-state index in [-0.39, 0.29) is 11.4 Å². The van der Waals surface area contributed by atoms with Crippen molar-refractivity contribution in [3.05, 3.63) is 35.6 Å². The first kappa shape index (κ1) is 14.0. The van der Waals surface area contributed by atoms with Crippen molar-refractivity contribution in [2.45, 2.75) is 63.1 Å². The minimum atomic E-state index is -0.112.